The topological polar surface area (TPSA) is 70.2 Å². The Morgan fingerprint density at radius 3 is 2.52 bits per heavy atom. The Bertz CT molecular complexity index is 599. The highest BCUT2D eigenvalue weighted by molar-refractivity contribution is 7.09. The fourth-order valence-corrected chi connectivity index (χ4v) is 2.29. The van der Waals surface area contributed by atoms with E-state index in [9.17, 15) is 14.0 Å². The largest absolute Gasteiger partial charge is 0.336 e. The highest BCUT2D eigenvalue weighted by Crippen LogP contribution is 2.07. The summed E-state index contributed by atoms with van der Waals surface area (Å²) >= 11 is 1.62. The van der Waals surface area contributed by atoms with Crippen molar-refractivity contribution < 1.29 is 14.0 Å². The Kier molecular flexibility index (Phi) is 5.28. The van der Waals surface area contributed by atoms with Crippen LogP contribution in [0, 0.1) is 5.82 Å². The van der Waals surface area contributed by atoms with E-state index in [1.54, 1.807) is 11.3 Å². The summed E-state index contributed by atoms with van der Waals surface area (Å²) in [7, 11) is 0. The molecule has 1 heterocycles. The molecule has 0 spiro atoms. The molecule has 1 aromatic heterocycles. The molecule has 0 aliphatic heterocycles. The second kappa shape index (κ2) is 7.39. The number of benzene rings is 1. The number of thiophene rings is 1. The fourth-order valence-electron chi connectivity index (χ4n) is 1.59. The van der Waals surface area contributed by atoms with Gasteiger partial charge in [0.1, 0.15) is 5.82 Å². The van der Waals surface area contributed by atoms with E-state index < -0.39 is 17.8 Å². The molecule has 0 fully saturated rings. The van der Waals surface area contributed by atoms with E-state index >= 15 is 0 Å². The minimum atomic E-state index is -0.511. The number of hydrogen-bond donors (Lipinski definition) is 3. The second-order valence-electron chi connectivity index (χ2n) is 4.17. The Morgan fingerprint density at radius 2 is 1.86 bits per heavy atom. The lowest BCUT2D eigenvalue weighted by Gasteiger charge is -2.08. The third-order valence-corrected chi connectivity index (χ3v) is 3.57. The first-order chi connectivity index (χ1) is 10.1. The summed E-state index contributed by atoms with van der Waals surface area (Å²) in [5, 5.41) is 4.59. The number of rotatable bonds is 4. The van der Waals surface area contributed by atoms with Crippen molar-refractivity contribution in [3.8, 4) is 0 Å². The summed E-state index contributed by atoms with van der Waals surface area (Å²) in [6, 6.07) is 8.46. The number of urea groups is 1. The van der Waals surface area contributed by atoms with Crippen molar-refractivity contribution in [3.05, 3.63) is 58.0 Å². The molecule has 2 rings (SSSR count). The lowest BCUT2D eigenvalue weighted by molar-refractivity contribution is 0.0936. The van der Waals surface area contributed by atoms with Gasteiger partial charge in [0.2, 0.25) is 0 Å². The maximum absolute atomic E-state index is 12.7. The zero-order valence-corrected chi connectivity index (χ0v) is 11.9. The molecule has 0 aliphatic carbocycles. The summed E-state index contributed by atoms with van der Waals surface area (Å²) in [4.78, 5) is 24.3. The van der Waals surface area contributed by atoms with Crippen LogP contribution in [0.2, 0.25) is 0 Å². The van der Waals surface area contributed by atoms with Gasteiger partial charge in [-0.25, -0.2) is 14.6 Å². The van der Waals surface area contributed by atoms with Gasteiger partial charge < -0.3 is 5.32 Å². The van der Waals surface area contributed by atoms with Gasteiger partial charge in [-0.3, -0.25) is 10.2 Å². The van der Waals surface area contributed by atoms with Gasteiger partial charge in [-0.2, -0.15) is 0 Å². The smallest absolute Gasteiger partial charge is 0.333 e. The normalized spacial score (nSPS) is 9.95. The summed E-state index contributed by atoms with van der Waals surface area (Å²) in [6.45, 7) is 0.471. The summed E-state index contributed by atoms with van der Waals surface area (Å²) in [6.07, 6.45) is 0.733. The van der Waals surface area contributed by atoms with Gasteiger partial charge in [-0.1, -0.05) is 6.07 Å². The molecule has 2 aromatic rings. The maximum Gasteiger partial charge on any atom is 0.333 e. The van der Waals surface area contributed by atoms with Crippen LogP contribution in [0.5, 0.6) is 0 Å². The quantitative estimate of drug-likeness (QED) is 0.757. The minimum absolute atomic E-state index is 0.260. The SMILES string of the molecule is O=C(NCCc1cccs1)NNC(=O)c1ccc(F)cc1. The summed E-state index contributed by atoms with van der Waals surface area (Å²) < 4.78 is 12.7. The number of carbonyl (C=O) groups is 2. The van der Waals surface area contributed by atoms with E-state index in [-0.39, 0.29) is 5.56 Å². The molecule has 110 valence electrons. The van der Waals surface area contributed by atoms with E-state index in [1.807, 2.05) is 17.5 Å². The number of carbonyl (C=O) groups excluding carboxylic acids is 2. The molecule has 21 heavy (non-hydrogen) atoms. The lowest BCUT2D eigenvalue weighted by Crippen LogP contribution is -2.47. The van der Waals surface area contributed by atoms with Crippen LogP contribution in [0.15, 0.2) is 41.8 Å². The molecule has 7 heteroatoms. The van der Waals surface area contributed by atoms with Gasteiger partial charge >= 0.3 is 6.03 Å². The zero-order valence-electron chi connectivity index (χ0n) is 11.1. The Morgan fingerprint density at radius 1 is 1.10 bits per heavy atom. The Hall–Kier alpha value is -2.41. The number of hydrogen-bond acceptors (Lipinski definition) is 3. The highest BCUT2D eigenvalue weighted by Gasteiger charge is 2.06. The van der Waals surface area contributed by atoms with E-state index in [2.05, 4.69) is 16.2 Å². The van der Waals surface area contributed by atoms with Gasteiger partial charge in [0.15, 0.2) is 0 Å². The average Bonchev–Trinajstić information content (AvgIpc) is 2.99. The summed E-state index contributed by atoms with van der Waals surface area (Å²) in [5.41, 5.74) is 4.74. The van der Waals surface area contributed by atoms with Crippen molar-refractivity contribution in [2.75, 3.05) is 6.54 Å². The van der Waals surface area contributed by atoms with Crippen molar-refractivity contribution in [2.24, 2.45) is 0 Å². The fraction of sp³-hybridized carbons (Fsp3) is 0.143. The van der Waals surface area contributed by atoms with Gasteiger partial charge in [0, 0.05) is 17.0 Å². The number of halogens is 1. The summed E-state index contributed by atoms with van der Waals surface area (Å²) in [5.74, 6) is -0.936. The number of hydrazine groups is 1. The molecular weight excluding hydrogens is 293 g/mol. The maximum atomic E-state index is 12.7. The van der Waals surface area contributed by atoms with Crippen LogP contribution in [-0.2, 0) is 6.42 Å². The van der Waals surface area contributed by atoms with Gasteiger partial charge in [-0.15, -0.1) is 11.3 Å². The third kappa shape index (κ3) is 4.88. The second-order valence-corrected chi connectivity index (χ2v) is 5.20. The van der Waals surface area contributed by atoms with Crippen LogP contribution in [-0.4, -0.2) is 18.5 Å². The number of amides is 3. The lowest BCUT2D eigenvalue weighted by atomic mass is 10.2. The zero-order chi connectivity index (χ0) is 15.1. The Labute approximate surface area is 125 Å². The van der Waals surface area contributed by atoms with Crippen molar-refractivity contribution in [1.82, 2.24) is 16.2 Å². The van der Waals surface area contributed by atoms with E-state index in [0.29, 0.717) is 6.54 Å². The van der Waals surface area contributed by atoms with E-state index in [4.69, 9.17) is 0 Å². The average molecular weight is 307 g/mol. The predicted octanol–water partition coefficient (Wildman–Crippen LogP) is 2.07. The molecule has 0 unspecified atom stereocenters. The molecule has 0 radical (unpaired) electrons. The minimum Gasteiger partial charge on any atom is -0.336 e. The predicted molar refractivity (Wildman–Crippen MR) is 78.4 cm³/mol. The van der Waals surface area contributed by atoms with Gasteiger partial charge in [-0.05, 0) is 42.1 Å². The third-order valence-electron chi connectivity index (χ3n) is 2.63. The molecule has 0 aliphatic rings. The van der Waals surface area contributed by atoms with Crippen molar-refractivity contribution >= 4 is 23.3 Å². The molecule has 0 saturated heterocycles. The first-order valence-electron chi connectivity index (χ1n) is 6.27. The van der Waals surface area contributed by atoms with Crippen LogP contribution < -0.4 is 16.2 Å². The Balaban J connectivity index is 1.68. The molecule has 0 bridgehead atoms. The van der Waals surface area contributed by atoms with E-state index in [1.165, 1.54) is 29.1 Å². The van der Waals surface area contributed by atoms with Crippen molar-refractivity contribution in [3.63, 3.8) is 0 Å². The molecule has 3 N–H and O–H groups in total. The van der Waals surface area contributed by atoms with Gasteiger partial charge in [0.05, 0.1) is 0 Å². The van der Waals surface area contributed by atoms with Crippen LogP contribution in [0.1, 0.15) is 15.2 Å². The highest BCUT2D eigenvalue weighted by atomic mass is 32.1. The molecule has 3 amide bonds. The van der Waals surface area contributed by atoms with Crippen LogP contribution in [0.3, 0.4) is 0 Å². The molecule has 1 aromatic carbocycles. The van der Waals surface area contributed by atoms with E-state index in [0.717, 1.165) is 6.42 Å². The molecule has 5 nitrogen and oxygen atoms in total. The standard InChI is InChI=1S/C14H14FN3O2S/c15-11-5-3-10(4-6-11)13(19)17-18-14(20)16-8-7-12-2-1-9-21-12/h1-6,9H,7-8H2,(H,17,19)(H2,16,18,20). The van der Waals surface area contributed by atoms with Crippen molar-refractivity contribution in [2.45, 2.75) is 6.42 Å². The van der Waals surface area contributed by atoms with Crippen LogP contribution >= 0.6 is 11.3 Å². The first kappa shape index (κ1) is 15.0. The number of nitrogens with one attached hydrogen (secondary N) is 3. The van der Waals surface area contributed by atoms with Gasteiger partial charge in [0.25, 0.3) is 5.91 Å². The molecular formula is C14H14FN3O2S. The van der Waals surface area contributed by atoms with Crippen LogP contribution in [0.4, 0.5) is 9.18 Å². The molecule has 0 atom stereocenters. The van der Waals surface area contributed by atoms with Crippen molar-refractivity contribution in [1.29, 1.82) is 0 Å². The first-order valence-corrected chi connectivity index (χ1v) is 7.15. The van der Waals surface area contributed by atoms with Crippen LogP contribution in [0.25, 0.3) is 0 Å². The monoisotopic (exact) mass is 307 g/mol. The molecule has 0 saturated carbocycles.